The van der Waals surface area contributed by atoms with E-state index in [-0.39, 0.29) is 12.1 Å². The number of hydrogen-bond acceptors (Lipinski definition) is 4. The first-order valence-electron chi connectivity index (χ1n) is 8.98. The zero-order valence-corrected chi connectivity index (χ0v) is 16.8. The number of aryl methyl sites for hydroxylation is 1. The number of rotatable bonds is 5. The van der Waals surface area contributed by atoms with E-state index in [1.807, 2.05) is 55.7 Å². The van der Waals surface area contributed by atoms with E-state index >= 15 is 0 Å². The number of aromatic nitrogens is 2. The molecule has 0 bridgehead atoms. The van der Waals surface area contributed by atoms with Crippen molar-refractivity contribution in [2.45, 2.75) is 12.1 Å². The highest BCUT2D eigenvalue weighted by molar-refractivity contribution is 7.80. The van der Waals surface area contributed by atoms with Gasteiger partial charge in [0.2, 0.25) is 0 Å². The number of nitrogens with zero attached hydrogens (tertiary/aromatic N) is 3. The van der Waals surface area contributed by atoms with Gasteiger partial charge in [-0.2, -0.15) is 0 Å². The van der Waals surface area contributed by atoms with E-state index in [1.54, 1.807) is 20.4 Å². The summed E-state index contributed by atoms with van der Waals surface area (Å²) in [7, 11) is 5.34. The van der Waals surface area contributed by atoms with Crippen LogP contribution < -0.4 is 19.7 Å². The molecule has 3 heterocycles. The number of anilines is 1. The summed E-state index contributed by atoms with van der Waals surface area (Å²) < 4.78 is 13.2. The molecule has 0 amide bonds. The highest BCUT2D eigenvalue weighted by Gasteiger charge is 2.42. The average Bonchev–Trinajstić information content (AvgIpc) is 3.30. The van der Waals surface area contributed by atoms with Crippen molar-refractivity contribution in [1.82, 2.24) is 14.9 Å². The first kappa shape index (κ1) is 18.3. The maximum atomic E-state index is 5.76. The van der Waals surface area contributed by atoms with E-state index in [1.165, 1.54) is 0 Å². The largest absolute Gasteiger partial charge is 0.497 e. The standard InChI is InChI=1S/C21H22N4O2S/c1-24-12-6-8-16(24)20-19(15-7-4-5-11-22-15)23-21(28)25(20)17-13-14(26-2)9-10-18(17)27-3/h4-13,19-20H,1-3H3,(H,23,28)/t19-,20-/m1/s1. The molecule has 1 aliphatic rings. The van der Waals surface area contributed by atoms with Gasteiger partial charge in [0.05, 0.1) is 31.6 Å². The smallest absolute Gasteiger partial charge is 0.174 e. The number of thiocarbonyl (C=S) groups is 1. The van der Waals surface area contributed by atoms with Gasteiger partial charge in [-0.3, -0.25) is 4.98 Å². The van der Waals surface area contributed by atoms with Crippen molar-refractivity contribution >= 4 is 23.0 Å². The lowest BCUT2D eigenvalue weighted by molar-refractivity contribution is 0.402. The zero-order valence-electron chi connectivity index (χ0n) is 16.0. The van der Waals surface area contributed by atoms with Crippen molar-refractivity contribution in [1.29, 1.82) is 0 Å². The van der Waals surface area contributed by atoms with Crippen LogP contribution in [0, 0.1) is 0 Å². The summed E-state index contributed by atoms with van der Waals surface area (Å²) >= 11 is 5.76. The lowest BCUT2D eigenvalue weighted by Crippen LogP contribution is -2.30. The Hall–Kier alpha value is -3.06. The van der Waals surface area contributed by atoms with Gasteiger partial charge in [0.25, 0.3) is 0 Å². The topological polar surface area (TPSA) is 51.6 Å². The molecule has 1 aromatic carbocycles. The number of pyridine rings is 1. The number of nitrogens with one attached hydrogen (secondary N) is 1. The number of benzene rings is 1. The maximum Gasteiger partial charge on any atom is 0.174 e. The minimum atomic E-state index is -0.0989. The van der Waals surface area contributed by atoms with Crippen molar-refractivity contribution in [2.24, 2.45) is 7.05 Å². The number of methoxy groups -OCH3 is 2. The van der Waals surface area contributed by atoms with Crippen LogP contribution in [0.3, 0.4) is 0 Å². The molecule has 7 heteroatoms. The van der Waals surface area contributed by atoms with Crippen LogP contribution in [-0.4, -0.2) is 28.9 Å². The Morgan fingerprint density at radius 3 is 2.57 bits per heavy atom. The molecular weight excluding hydrogens is 372 g/mol. The Morgan fingerprint density at radius 2 is 1.93 bits per heavy atom. The molecule has 1 fully saturated rings. The molecular formula is C21H22N4O2S. The fourth-order valence-corrected chi connectivity index (χ4v) is 4.02. The highest BCUT2D eigenvalue weighted by atomic mass is 32.1. The molecule has 0 radical (unpaired) electrons. The molecule has 2 aromatic heterocycles. The first-order chi connectivity index (χ1) is 13.6. The number of hydrogen-bond donors (Lipinski definition) is 1. The van der Waals surface area contributed by atoms with Crippen molar-refractivity contribution < 1.29 is 9.47 Å². The average molecular weight is 395 g/mol. The van der Waals surface area contributed by atoms with Gasteiger partial charge in [0.15, 0.2) is 5.11 Å². The highest BCUT2D eigenvalue weighted by Crippen LogP contribution is 2.45. The molecule has 0 aliphatic carbocycles. The second-order valence-electron chi connectivity index (χ2n) is 6.58. The Bertz CT molecular complexity index is 989. The van der Waals surface area contributed by atoms with E-state index in [0.29, 0.717) is 5.11 Å². The van der Waals surface area contributed by atoms with Gasteiger partial charge in [0.1, 0.15) is 17.5 Å². The summed E-state index contributed by atoms with van der Waals surface area (Å²) in [5, 5.41) is 4.08. The molecule has 28 heavy (non-hydrogen) atoms. The van der Waals surface area contributed by atoms with Crippen LogP contribution >= 0.6 is 12.2 Å². The molecule has 144 valence electrons. The molecule has 4 rings (SSSR count). The molecule has 3 aromatic rings. The molecule has 1 N–H and O–H groups in total. The summed E-state index contributed by atoms with van der Waals surface area (Å²) in [6, 6.07) is 15.6. The second kappa shape index (κ2) is 7.52. The van der Waals surface area contributed by atoms with Crippen LogP contribution in [0.25, 0.3) is 0 Å². The van der Waals surface area contributed by atoms with Crippen LogP contribution in [0.5, 0.6) is 11.5 Å². The Morgan fingerprint density at radius 1 is 1.07 bits per heavy atom. The van der Waals surface area contributed by atoms with Gasteiger partial charge < -0.3 is 24.3 Å². The van der Waals surface area contributed by atoms with Gasteiger partial charge in [0, 0.05) is 31.2 Å². The van der Waals surface area contributed by atoms with Crippen molar-refractivity contribution in [3.8, 4) is 11.5 Å². The third kappa shape index (κ3) is 3.07. The fourth-order valence-electron chi connectivity index (χ4n) is 3.68. The van der Waals surface area contributed by atoms with Crippen molar-refractivity contribution in [2.75, 3.05) is 19.1 Å². The molecule has 0 unspecified atom stereocenters. The van der Waals surface area contributed by atoms with Gasteiger partial charge >= 0.3 is 0 Å². The minimum absolute atomic E-state index is 0.0941. The van der Waals surface area contributed by atoms with Crippen LogP contribution in [0.1, 0.15) is 23.5 Å². The monoisotopic (exact) mass is 394 g/mol. The van der Waals surface area contributed by atoms with Crippen LogP contribution in [-0.2, 0) is 7.05 Å². The summed E-state index contributed by atoms with van der Waals surface area (Å²) in [4.78, 5) is 6.66. The maximum absolute atomic E-state index is 5.76. The predicted molar refractivity (Wildman–Crippen MR) is 113 cm³/mol. The first-order valence-corrected chi connectivity index (χ1v) is 9.38. The zero-order chi connectivity index (χ0) is 19.7. The Balaban J connectivity index is 1.88. The second-order valence-corrected chi connectivity index (χ2v) is 6.97. The van der Waals surface area contributed by atoms with Crippen molar-refractivity contribution in [3.05, 3.63) is 72.3 Å². The van der Waals surface area contributed by atoms with Gasteiger partial charge in [-0.15, -0.1) is 0 Å². The Kier molecular flexibility index (Phi) is 4.92. The lowest BCUT2D eigenvalue weighted by atomic mass is 10.0. The predicted octanol–water partition coefficient (Wildman–Crippen LogP) is 3.61. The minimum Gasteiger partial charge on any atom is -0.497 e. The summed E-state index contributed by atoms with van der Waals surface area (Å²) in [5.41, 5.74) is 2.90. The summed E-state index contributed by atoms with van der Waals surface area (Å²) in [6.45, 7) is 0. The van der Waals surface area contributed by atoms with E-state index in [9.17, 15) is 0 Å². The molecule has 6 nitrogen and oxygen atoms in total. The Labute approximate surface area is 169 Å². The van der Waals surface area contributed by atoms with E-state index in [2.05, 4.69) is 25.8 Å². The van der Waals surface area contributed by atoms with E-state index < -0.39 is 0 Å². The van der Waals surface area contributed by atoms with Gasteiger partial charge in [-0.1, -0.05) is 6.07 Å². The van der Waals surface area contributed by atoms with Crippen molar-refractivity contribution in [3.63, 3.8) is 0 Å². The normalized spacial score (nSPS) is 18.8. The lowest BCUT2D eigenvalue weighted by Gasteiger charge is -2.29. The van der Waals surface area contributed by atoms with Gasteiger partial charge in [-0.05, 0) is 48.6 Å². The SMILES string of the molecule is COc1ccc(OC)c(N2C(=S)N[C@H](c3ccccn3)[C@H]2c2cccn2C)c1. The summed E-state index contributed by atoms with van der Waals surface area (Å²) in [5.74, 6) is 1.47. The fraction of sp³-hybridized carbons (Fsp3) is 0.238. The molecule has 0 spiro atoms. The summed E-state index contributed by atoms with van der Waals surface area (Å²) in [6.07, 6.45) is 3.84. The molecule has 1 aliphatic heterocycles. The van der Waals surface area contributed by atoms with Crippen LogP contribution in [0.2, 0.25) is 0 Å². The third-order valence-corrected chi connectivity index (χ3v) is 5.35. The third-order valence-electron chi connectivity index (χ3n) is 5.03. The van der Waals surface area contributed by atoms with Crippen LogP contribution in [0.4, 0.5) is 5.69 Å². The quantitative estimate of drug-likeness (QED) is 0.667. The van der Waals surface area contributed by atoms with E-state index in [4.69, 9.17) is 21.7 Å². The molecule has 0 saturated carbocycles. The van der Waals surface area contributed by atoms with Crippen LogP contribution in [0.15, 0.2) is 60.9 Å². The van der Waals surface area contributed by atoms with E-state index in [0.717, 1.165) is 28.6 Å². The molecule has 1 saturated heterocycles. The molecule has 2 atom stereocenters. The number of ether oxygens (including phenoxy) is 2. The van der Waals surface area contributed by atoms with Gasteiger partial charge in [-0.25, -0.2) is 0 Å².